The zero-order chi connectivity index (χ0) is 8.81. The first-order valence-corrected chi connectivity index (χ1v) is 4.81. The lowest BCUT2D eigenvalue weighted by Gasteiger charge is -2.18. The van der Waals surface area contributed by atoms with Crippen LogP contribution in [0, 0.1) is 5.92 Å². The van der Waals surface area contributed by atoms with Crippen molar-refractivity contribution in [2.45, 2.75) is 19.3 Å². The fourth-order valence-corrected chi connectivity index (χ4v) is 1.39. The maximum atomic E-state index is 8.77. The number of aliphatic hydroxyl groups excluding tert-OH is 1. The first kappa shape index (κ1) is 9.75. The van der Waals surface area contributed by atoms with Crippen LogP contribution in [0.4, 0.5) is 0 Å². The largest absolute Gasteiger partial charge is 0.395 e. The number of hydrogen-bond acceptors (Lipinski definition) is 2. The van der Waals surface area contributed by atoms with Crippen molar-refractivity contribution in [1.82, 2.24) is 4.90 Å². The third-order valence-corrected chi connectivity index (χ3v) is 2.35. The third kappa shape index (κ3) is 3.88. The van der Waals surface area contributed by atoms with Crippen molar-refractivity contribution in [1.29, 1.82) is 0 Å². The van der Waals surface area contributed by atoms with Crippen LogP contribution >= 0.6 is 0 Å². The van der Waals surface area contributed by atoms with Crippen molar-refractivity contribution in [2.24, 2.45) is 5.92 Å². The highest BCUT2D eigenvalue weighted by Crippen LogP contribution is 2.32. The molecule has 70 valence electrons. The van der Waals surface area contributed by atoms with Crippen LogP contribution in [0.15, 0.2) is 12.7 Å². The molecule has 1 fully saturated rings. The summed E-state index contributed by atoms with van der Waals surface area (Å²) in [5.74, 6) is 0.982. The average molecular weight is 169 g/mol. The average Bonchev–Trinajstić information content (AvgIpc) is 2.84. The van der Waals surface area contributed by atoms with Crippen LogP contribution in [-0.4, -0.2) is 36.2 Å². The molecule has 1 aliphatic carbocycles. The van der Waals surface area contributed by atoms with Crippen molar-refractivity contribution in [2.75, 3.05) is 26.2 Å². The monoisotopic (exact) mass is 169 g/mol. The molecule has 0 spiro atoms. The molecule has 1 N–H and O–H groups in total. The maximum absolute atomic E-state index is 8.77. The van der Waals surface area contributed by atoms with Gasteiger partial charge in [-0.2, -0.15) is 0 Å². The molecule has 2 nitrogen and oxygen atoms in total. The Morgan fingerprint density at radius 3 is 2.67 bits per heavy atom. The van der Waals surface area contributed by atoms with Gasteiger partial charge in [0.25, 0.3) is 0 Å². The Labute approximate surface area is 74.9 Å². The molecular formula is C10H19NO. The minimum absolute atomic E-state index is 0.262. The van der Waals surface area contributed by atoms with E-state index in [2.05, 4.69) is 11.5 Å². The lowest BCUT2D eigenvalue weighted by atomic mass is 10.2. The van der Waals surface area contributed by atoms with Crippen LogP contribution in [-0.2, 0) is 0 Å². The molecular weight excluding hydrogens is 150 g/mol. The molecule has 0 aromatic carbocycles. The van der Waals surface area contributed by atoms with Crippen molar-refractivity contribution in [3.05, 3.63) is 12.7 Å². The van der Waals surface area contributed by atoms with E-state index in [9.17, 15) is 0 Å². The second-order valence-corrected chi connectivity index (χ2v) is 3.54. The Hall–Kier alpha value is -0.340. The van der Waals surface area contributed by atoms with Crippen LogP contribution in [0.2, 0.25) is 0 Å². The predicted octanol–water partition coefficient (Wildman–Crippen LogP) is 1.27. The van der Waals surface area contributed by atoms with Crippen molar-refractivity contribution in [3.63, 3.8) is 0 Å². The number of nitrogens with zero attached hydrogens (tertiary/aromatic N) is 1. The zero-order valence-electron chi connectivity index (χ0n) is 7.71. The van der Waals surface area contributed by atoms with E-state index in [0.717, 1.165) is 25.6 Å². The van der Waals surface area contributed by atoms with Crippen molar-refractivity contribution < 1.29 is 5.11 Å². The maximum Gasteiger partial charge on any atom is 0.0558 e. The van der Waals surface area contributed by atoms with Gasteiger partial charge in [-0.1, -0.05) is 18.9 Å². The van der Waals surface area contributed by atoms with E-state index < -0.39 is 0 Å². The molecule has 0 atom stereocenters. The highest BCUT2D eigenvalue weighted by Gasteiger charge is 2.21. The standard InChI is InChI=1S/C10H19NO/c1-2-6-11(8-9-12)7-5-10-3-4-10/h2,10,12H,1,3-9H2. The van der Waals surface area contributed by atoms with Crippen LogP contribution in [0.3, 0.4) is 0 Å². The van der Waals surface area contributed by atoms with Gasteiger partial charge in [-0.05, 0) is 18.9 Å². The summed E-state index contributed by atoms with van der Waals surface area (Å²) in [6.45, 7) is 6.79. The lowest BCUT2D eigenvalue weighted by Crippen LogP contribution is -2.28. The molecule has 0 radical (unpaired) electrons. The summed E-state index contributed by atoms with van der Waals surface area (Å²) in [5.41, 5.74) is 0. The molecule has 0 aromatic rings. The second kappa shape index (κ2) is 5.33. The van der Waals surface area contributed by atoms with E-state index in [1.807, 2.05) is 6.08 Å². The zero-order valence-corrected chi connectivity index (χ0v) is 7.71. The van der Waals surface area contributed by atoms with E-state index >= 15 is 0 Å². The number of rotatable bonds is 7. The first-order chi connectivity index (χ1) is 5.86. The summed E-state index contributed by atoms with van der Waals surface area (Å²) >= 11 is 0. The van der Waals surface area contributed by atoms with Gasteiger partial charge in [-0.25, -0.2) is 0 Å². The molecule has 1 rings (SSSR count). The summed E-state index contributed by atoms with van der Waals surface area (Å²) in [5, 5.41) is 8.77. The molecule has 12 heavy (non-hydrogen) atoms. The van der Waals surface area contributed by atoms with E-state index in [0.29, 0.717) is 0 Å². The summed E-state index contributed by atoms with van der Waals surface area (Å²) in [6.07, 6.45) is 6.04. The van der Waals surface area contributed by atoms with E-state index in [4.69, 9.17) is 5.11 Å². The van der Waals surface area contributed by atoms with Gasteiger partial charge in [0, 0.05) is 13.1 Å². The van der Waals surface area contributed by atoms with Gasteiger partial charge in [0.05, 0.1) is 6.61 Å². The van der Waals surface area contributed by atoms with Crippen molar-refractivity contribution in [3.8, 4) is 0 Å². The van der Waals surface area contributed by atoms with Crippen molar-refractivity contribution >= 4 is 0 Å². The molecule has 2 heteroatoms. The van der Waals surface area contributed by atoms with E-state index in [1.165, 1.54) is 19.3 Å². The highest BCUT2D eigenvalue weighted by molar-refractivity contribution is 4.77. The molecule has 1 saturated carbocycles. The Morgan fingerprint density at radius 2 is 2.17 bits per heavy atom. The summed E-state index contributed by atoms with van der Waals surface area (Å²) < 4.78 is 0. The molecule has 0 saturated heterocycles. The second-order valence-electron chi connectivity index (χ2n) is 3.54. The topological polar surface area (TPSA) is 23.5 Å². The van der Waals surface area contributed by atoms with Gasteiger partial charge in [0.1, 0.15) is 0 Å². The molecule has 0 unspecified atom stereocenters. The number of hydrogen-bond donors (Lipinski definition) is 1. The quantitative estimate of drug-likeness (QED) is 0.580. The first-order valence-electron chi connectivity index (χ1n) is 4.81. The molecule has 0 aliphatic heterocycles. The predicted molar refractivity (Wildman–Crippen MR) is 51.1 cm³/mol. The van der Waals surface area contributed by atoms with Gasteiger partial charge >= 0.3 is 0 Å². The van der Waals surface area contributed by atoms with Crippen LogP contribution in [0.5, 0.6) is 0 Å². The fraction of sp³-hybridized carbons (Fsp3) is 0.800. The number of aliphatic hydroxyl groups is 1. The highest BCUT2D eigenvalue weighted by atomic mass is 16.3. The normalized spacial score (nSPS) is 16.8. The van der Waals surface area contributed by atoms with Gasteiger partial charge in [-0.15, -0.1) is 6.58 Å². The summed E-state index contributed by atoms with van der Waals surface area (Å²) in [7, 11) is 0. The summed E-state index contributed by atoms with van der Waals surface area (Å²) in [4.78, 5) is 2.26. The SMILES string of the molecule is C=CCN(CCO)CCC1CC1. The fourth-order valence-electron chi connectivity index (χ4n) is 1.39. The van der Waals surface area contributed by atoms with Crippen LogP contribution < -0.4 is 0 Å². The van der Waals surface area contributed by atoms with Gasteiger partial charge in [-0.3, -0.25) is 4.90 Å². The summed E-state index contributed by atoms with van der Waals surface area (Å²) in [6, 6.07) is 0. The van der Waals surface area contributed by atoms with Gasteiger partial charge in [0.15, 0.2) is 0 Å². The van der Waals surface area contributed by atoms with Gasteiger partial charge < -0.3 is 5.11 Å². The lowest BCUT2D eigenvalue weighted by molar-refractivity contribution is 0.205. The van der Waals surface area contributed by atoms with Gasteiger partial charge in [0.2, 0.25) is 0 Å². The minimum atomic E-state index is 0.262. The molecule has 0 amide bonds. The Kier molecular flexibility index (Phi) is 4.33. The Bertz CT molecular complexity index is 132. The minimum Gasteiger partial charge on any atom is -0.395 e. The van der Waals surface area contributed by atoms with Crippen LogP contribution in [0.25, 0.3) is 0 Å². The third-order valence-electron chi connectivity index (χ3n) is 2.35. The Balaban J connectivity index is 2.06. The molecule has 0 aromatic heterocycles. The van der Waals surface area contributed by atoms with E-state index in [-0.39, 0.29) is 6.61 Å². The Morgan fingerprint density at radius 1 is 1.42 bits per heavy atom. The molecule has 0 heterocycles. The smallest absolute Gasteiger partial charge is 0.0558 e. The van der Waals surface area contributed by atoms with E-state index in [1.54, 1.807) is 0 Å². The van der Waals surface area contributed by atoms with Crippen LogP contribution in [0.1, 0.15) is 19.3 Å². The molecule has 0 bridgehead atoms. The molecule has 1 aliphatic rings.